The van der Waals surface area contributed by atoms with Gasteiger partial charge in [-0.15, -0.1) is 0 Å². The van der Waals surface area contributed by atoms with E-state index < -0.39 is 21.7 Å². The Bertz CT molecular complexity index is 1120. The highest BCUT2D eigenvalue weighted by Crippen LogP contribution is 2.33. The number of anilines is 5. The Morgan fingerprint density at radius 3 is 2.59 bits per heavy atom. The van der Waals surface area contributed by atoms with Crippen LogP contribution in [0.15, 0.2) is 48.7 Å². The quantitative estimate of drug-likeness (QED) is 0.632. The van der Waals surface area contributed by atoms with E-state index in [0.29, 0.717) is 11.3 Å². The summed E-state index contributed by atoms with van der Waals surface area (Å²) in [5.74, 6) is -1.93. The molecule has 0 bridgehead atoms. The summed E-state index contributed by atoms with van der Waals surface area (Å²) in [5, 5.41) is 5.46. The molecule has 0 atom stereocenters. The van der Waals surface area contributed by atoms with Crippen LogP contribution in [0.1, 0.15) is 5.56 Å². The Morgan fingerprint density at radius 2 is 1.81 bits per heavy atom. The summed E-state index contributed by atoms with van der Waals surface area (Å²) in [6, 6.07) is 11.4. The first-order valence-corrected chi connectivity index (χ1v) is 9.49. The van der Waals surface area contributed by atoms with Gasteiger partial charge >= 0.3 is 0 Å². The van der Waals surface area contributed by atoms with E-state index in [1.165, 1.54) is 6.07 Å². The lowest BCUT2D eigenvalue weighted by Crippen LogP contribution is -2.06. The first-order chi connectivity index (χ1) is 12.9. The zero-order valence-electron chi connectivity index (χ0n) is 13.7. The van der Waals surface area contributed by atoms with Crippen molar-refractivity contribution in [3.05, 3.63) is 65.9 Å². The largest absolute Gasteiger partial charge is 0.335 e. The van der Waals surface area contributed by atoms with Gasteiger partial charge in [-0.1, -0.05) is 18.2 Å². The van der Waals surface area contributed by atoms with Crippen LogP contribution < -0.4 is 15.4 Å². The summed E-state index contributed by atoms with van der Waals surface area (Å²) in [7, 11) is -3.52. The highest BCUT2D eigenvalue weighted by Gasteiger charge is 2.25. The summed E-state index contributed by atoms with van der Waals surface area (Å²) < 4.78 is 53.9. The molecule has 1 aliphatic rings. The molecule has 2 aromatic carbocycles. The molecule has 0 saturated carbocycles. The topological polar surface area (TPSA) is 96.0 Å². The average molecular weight is 389 g/mol. The van der Waals surface area contributed by atoms with Crippen LogP contribution in [0.5, 0.6) is 0 Å². The maximum Gasteiger partial charge on any atom is 0.237 e. The van der Waals surface area contributed by atoms with Gasteiger partial charge < -0.3 is 10.6 Å². The summed E-state index contributed by atoms with van der Waals surface area (Å²) in [5.41, 5.74) is 1.15. The smallest absolute Gasteiger partial charge is 0.237 e. The van der Waals surface area contributed by atoms with Gasteiger partial charge in [-0.2, -0.15) is 4.98 Å². The van der Waals surface area contributed by atoms with Crippen molar-refractivity contribution in [1.82, 2.24) is 9.97 Å². The van der Waals surface area contributed by atoms with Crippen molar-refractivity contribution in [2.24, 2.45) is 0 Å². The first-order valence-electron chi connectivity index (χ1n) is 7.84. The van der Waals surface area contributed by atoms with E-state index in [1.807, 2.05) is 18.2 Å². The van der Waals surface area contributed by atoms with E-state index in [-0.39, 0.29) is 28.9 Å². The molecular weight excluding hydrogens is 376 g/mol. The molecular formula is C17H13F2N5O2S. The van der Waals surface area contributed by atoms with E-state index in [1.54, 1.807) is 12.1 Å². The van der Waals surface area contributed by atoms with E-state index in [0.717, 1.165) is 12.3 Å². The minimum absolute atomic E-state index is 0.110. The maximum absolute atomic E-state index is 14.3. The van der Waals surface area contributed by atoms with Gasteiger partial charge in [0.15, 0.2) is 11.6 Å². The van der Waals surface area contributed by atoms with Crippen LogP contribution in [0.25, 0.3) is 0 Å². The minimum atomic E-state index is -3.52. The Hall–Kier alpha value is -3.27. The Kier molecular flexibility index (Phi) is 4.11. The average Bonchev–Trinajstić information content (AvgIpc) is 2.92. The zero-order valence-corrected chi connectivity index (χ0v) is 14.5. The fourth-order valence-electron chi connectivity index (χ4n) is 2.63. The first kappa shape index (κ1) is 17.2. The predicted molar refractivity (Wildman–Crippen MR) is 97.6 cm³/mol. The second kappa shape index (κ2) is 6.47. The number of rotatable bonds is 4. The van der Waals surface area contributed by atoms with Crippen LogP contribution in [0.4, 0.5) is 37.6 Å². The number of sulfonamides is 1. The van der Waals surface area contributed by atoms with E-state index in [4.69, 9.17) is 0 Å². The van der Waals surface area contributed by atoms with Gasteiger partial charge in [-0.25, -0.2) is 22.2 Å². The minimum Gasteiger partial charge on any atom is -0.335 e. The number of benzene rings is 2. The molecule has 0 amide bonds. The van der Waals surface area contributed by atoms with Crippen molar-refractivity contribution in [1.29, 1.82) is 0 Å². The summed E-state index contributed by atoms with van der Waals surface area (Å²) in [4.78, 5) is 7.86. The molecule has 138 valence electrons. The molecule has 1 aliphatic heterocycles. The molecule has 3 aromatic rings. The third kappa shape index (κ3) is 3.65. The van der Waals surface area contributed by atoms with Gasteiger partial charge in [0.05, 0.1) is 23.3 Å². The number of nitrogens with zero attached hydrogens (tertiary/aromatic N) is 2. The van der Waals surface area contributed by atoms with Crippen molar-refractivity contribution in [2.75, 3.05) is 15.4 Å². The van der Waals surface area contributed by atoms with Crippen molar-refractivity contribution in [2.45, 2.75) is 5.75 Å². The summed E-state index contributed by atoms with van der Waals surface area (Å²) >= 11 is 0. The molecule has 0 saturated heterocycles. The third-order valence-corrected chi connectivity index (χ3v) is 5.05. The normalized spacial score (nSPS) is 14.3. The molecule has 7 nitrogen and oxygen atoms in total. The van der Waals surface area contributed by atoms with E-state index in [9.17, 15) is 17.2 Å². The van der Waals surface area contributed by atoms with Crippen LogP contribution in [0, 0.1) is 11.6 Å². The van der Waals surface area contributed by atoms with Gasteiger partial charge in [-0.05, 0) is 29.8 Å². The van der Waals surface area contributed by atoms with Crippen LogP contribution in [-0.4, -0.2) is 18.4 Å². The lowest BCUT2D eigenvalue weighted by molar-refractivity contribution is 0.602. The number of fused-ring (bicyclic) bond motifs is 1. The van der Waals surface area contributed by atoms with Gasteiger partial charge in [0, 0.05) is 5.69 Å². The van der Waals surface area contributed by atoms with Gasteiger partial charge in [0.1, 0.15) is 5.82 Å². The van der Waals surface area contributed by atoms with Crippen LogP contribution in [0.3, 0.4) is 0 Å². The van der Waals surface area contributed by atoms with Crippen molar-refractivity contribution >= 4 is 38.9 Å². The number of hydrogen-bond acceptors (Lipinski definition) is 6. The van der Waals surface area contributed by atoms with Crippen molar-refractivity contribution in [3.63, 3.8) is 0 Å². The van der Waals surface area contributed by atoms with E-state index >= 15 is 0 Å². The number of hydrogen-bond donors (Lipinski definition) is 3. The van der Waals surface area contributed by atoms with Crippen LogP contribution >= 0.6 is 0 Å². The Morgan fingerprint density at radius 1 is 1.04 bits per heavy atom. The zero-order chi connectivity index (χ0) is 19.0. The third-order valence-electron chi connectivity index (χ3n) is 3.83. The van der Waals surface area contributed by atoms with E-state index in [2.05, 4.69) is 25.3 Å². The second-order valence-electron chi connectivity index (χ2n) is 5.86. The summed E-state index contributed by atoms with van der Waals surface area (Å²) in [6.07, 6.45) is 0.953. The molecule has 0 aliphatic carbocycles. The van der Waals surface area contributed by atoms with Crippen molar-refractivity contribution < 1.29 is 17.2 Å². The molecule has 10 heteroatoms. The Balaban J connectivity index is 1.62. The van der Waals surface area contributed by atoms with Gasteiger partial charge in [-0.3, -0.25) is 4.72 Å². The molecule has 0 unspecified atom stereocenters. The lowest BCUT2D eigenvalue weighted by Gasteiger charge is -2.11. The standard InChI is InChI=1S/C17H13F2N5O2S/c18-12-6-10-9-27(25,26)24-14(10)7-15(12)22-16-13(19)8-20-17(23-16)21-11-4-2-1-3-5-11/h1-8,24H,9H2,(H2,20,21,22,23). The Labute approximate surface area is 153 Å². The molecule has 27 heavy (non-hydrogen) atoms. The predicted octanol–water partition coefficient (Wildman–Crippen LogP) is 3.50. The van der Waals surface area contributed by atoms with Crippen LogP contribution in [-0.2, 0) is 15.8 Å². The molecule has 1 aromatic heterocycles. The highest BCUT2D eigenvalue weighted by atomic mass is 32.2. The fourth-order valence-corrected chi connectivity index (χ4v) is 3.87. The summed E-state index contributed by atoms with van der Waals surface area (Å²) in [6.45, 7) is 0. The maximum atomic E-state index is 14.3. The van der Waals surface area contributed by atoms with Crippen LogP contribution in [0.2, 0.25) is 0 Å². The molecule has 0 spiro atoms. The lowest BCUT2D eigenvalue weighted by atomic mass is 10.1. The SMILES string of the molecule is O=S1(=O)Cc2cc(F)c(Nc3nc(Nc4ccccc4)ncc3F)cc2N1. The highest BCUT2D eigenvalue weighted by molar-refractivity contribution is 7.92. The second-order valence-corrected chi connectivity index (χ2v) is 7.58. The molecule has 0 fully saturated rings. The molecule has 0 radical (unpaired) electrons. The number of para-hydroxylation sites is 1. The molecule has 2 heterocycles. The fraction of sp³-hybridized carbons (Fsp3) is 0.0588. The van der Waals surface area contributed by atoms with Gasteiger partial charge in [0.25, 0.3) is 0 Å². The van der Waals surface area contributed by atoms with Crippen molar-refractivity contribution in [3.8, 4) is 0 Å². The number of halogens is 2. The number of nitrogens with one attached hydrogen (secondary N) is 3. The number of aromatic nitrogens is 2. The monoisotopic (exact) mass is 389 g/mol. The van der Waals surface area contributed by atoms with Gasteiger partial charge in [0.2, 0.25) is 16.0 Å². The molecule has 4 rings (SSSR count). The molecule has 3 N–H and O–H groups in total.